The van der Waals surface area contributed by atoms with Crippen molar-refractivity contribution in [3.8, 4) is 0 Å². The molecule has 3 saturated heterocycles. The molecule has 0 amide bonds. The topological polar surface area (TPSA) is 47.7 Å². The molecule has 3 heterocycles. The Morgan fingerprint density at radius 2 is 1.94 bits per heavy atom. The van der Waals surface area contributed by atoms with Gasteiger partial charge < -0.3 is 15.2 Å². The largest absolute Gasteiger partial charge is 0.377 e. The van der Waals surface area contributed by atoms with Gasteiger partial charge in [-0.15, -0.1) is 0 Å². The molecule has 2 bridgehead atoms. The maximum absolute atomic E-state index is 5.93. The maximum Gasteiger partial charge on any atom is 0.0743 e. The lowest BCUT2D eigenvalue weighted by Crippen LogP contribution is -2.54. The SMILES string of the molecule is NCC(C1CCCO1)N1CC2CCC(C1)O2. The monoisotopic (exact) mass is 226 g/mol. The van der Waals surface area contributed by atoms with Crippen LogP contribution in [0.3, 0.4) is 0 Å². The van der Waals surface area contributed by atoms with E-state index in [1.165, 1.54) is 25.7 Å². The molecule has 3 aliphatic heterocycles. The van der Waals surface area contributed by atoms with Crippen molar-refractivity contribution in [2.75, 3.05) is 26.2 Å². The molecule has 0 aromatic rings. The summed E-state index contributed by atoms with van der Waals surface area (Å²) in [4.78, 5) is 2.52. The van der Waals surface area contributed by atoms with E-state index in [1.807, 2.05) is 0 Å². The normalized spacial score (nSPS) is 41.4. The van der Waals surface area contributed by atoms with E-state index in [9.17, 15) is 0 Å². The van der Waals surface area contributed by atoms with Gasteiger partial charge in [0.15, 0.2) is 0 Å². The van der Waals surface area contributed by atoms with Crippen molar-refractivity contribution in [3.63, 3.8) is 0 Å². The fourth-order valence-electron chi connectivity index (χ4n) is 3.36. The second-order valence-electron chi connectivity index (χ2n) is 5.27. The standard InChI is InChI=1S/C12H22N2O2/c13-6-11(12-2-1-5-15-12)14-7-9-3-4-10(8-14)16-9/h9-12H,1-8,13H2. The molecule has 3 rings (SSSR count). The Kier molecular flexibility index (Phi) is 3.16. The third-order valence-electron chi connectivity index (χ3n) is 4.18. The minimum atomic E-state index is 0.363. The van der Waals surface area contributed by atoms with E-state index < -0.39 is 0 Å². The number of hydrogen-bond donors (Lipinski definition) is 1. The molecule has 0 aromatic carbocycles. The zero-order chi connectivity index (χ0) is 11.0. The molecular formula is C12H22N2O2. The van der Waals surface area contributed by atoms with Crippen LogP contribution in [-0.2, 0) is 9.47 Å². The third-order valence-corrected chi connectivity index (χ3v) is 4.18. The second kappa shape index (κ2) is 4.61. The summed E-state index contributed by atoms with van der Waals surface area (Å²) < 4.78 is 11.6. The maximum atomic E-state index is 5.93. The van der Waals surface area contributed by atoms with Gasteiger partial charge in [-0.05, 0) is 25.7 Å². The van der Waals surface area contributed by atoms with Crippen LogP contribution in [0.5, 0.6) is 0 Å². The summed E-state index contributed by atoms with van der Waals surface area (Å²) >= 11 is 0. The van der Waals surface area contributed by atoms with Crippen LogP contribution in [0.2, 0.25) is 0 Å². The van der Waals surface area contributed by atoms with Gasteiger partial charge in [-0.1, -0.05) is 0 Å². The van der Waals surface area contributed by atoms with Crippen LogP contribution in [0.4, 0.5) is 0 Å². The number of nitrogens with zero attached hydrogens (tertiary/aromatic N) is 1. The first-order valence-electron chi connectivity index (χ1n) is 6.58. The number of fused-ring (bicyclic) bond motifs is 2. The highest BCUT2D eigenvalue weighted by atomic mass is 16.5. The predicted molar refractivity (Wildman–Crippen MR) is 61.3 cm³/mol. The number of hydrogen-bond acceptors (Lipinski definition) is 4. The summed E-state index contributed by atoms with van der Waals surface area (Å²) in [6, 6.07) is 0.412. The van der Waals surface area contributed by atoms with Gasteiger partial charge in [-0.3, -0.25) is 4.90 Å². The lowest BCUT2D eigenvalue weighted by Gasteiger charge is -2.39. The molecule has 0 radical (unpaired) electrons. The van der Waals surface area contributed by atoms with Gasteiger partial charge in [0.05, 0.1) is 18.3 Å². The fourth-order valence-corrected chi connectivity index (χ4v) is 3.36. The Labute approximate surface area is 97.1 Å². The minimum Gasteiger partial charge on any atom is -0.377 e. The third kappa shape index (κ3) is 1.99. The molecule has 0 aromatic heterocycles. The first-order chi connectivity index (χ1) is 7.86. The number of ether oxygens (including phenoxy) is 2. The van der Waals surface area contributed by atoms with Crippen LogP contribution in [0, 0.1) is 0 Å². The Morgan fingerprint density at radius 1 is 1.19 bits per heavy atom. The molecule has 2 N–H and O–H groups in total. The predicted octanol–water partition coefficient (Wildman–Crippen LogP) is 0.356. The van der Waals surface area contributed by atoms with Crippen molar-refractivity contribution in [3.05, 3.63) is 0 Å². The van der Waals surface area contributed by atoms with Crippen LogP contribution in [-0.4, -0.2) is 55.5 Å². The number of rotatable bonds is 3. The van der Waals surface area contributed by atoms with Gasteiger partial charge in [0.1, 0.15) is 0 Å². The molecule has 92 valence electrons. The number of nitrogens with two attached hydrogens (primary N) is 1. The number of morpholine rings is 1. The lowest BCUT2D eigenvalue weighted by atomic mass is 10.1. The van der Waals surface area contributed by atoms with E-state index in [0.29, 0.717) is 30.9 Å². The molecule has 0 aliphatic carbocycles. The number of likely N-dealkylation sites (tertiary alicyclic amines) is 1. The van der Waals surface area contributed by atoms with Crippen LogP contribution < -0.4 is 5.73 Å². The quantitative estimate of drug-likeness (QED) is 0.754. The van der Waals surface area contributed by atoms with E-state index in [2.05, 4.69) is 4.90 Å². The minimum absolute atomic E-state index is 0.363. The highest BCUT2D eigenvalue weighted by molar-refractivity contribution is 4.92. The molecule has 0 saturated carbocycles. The molecule has 4 atom stereocenters. The highest BCUT2D eigenvalue weighted by Gasteiger charge is 2.39. The van der Waals surface area contributed by atoms with Gasteiger partial charge in [0.25, 0.3) is 0 Å². The molecule has 16 heavy (non-hydrogen) atoms. The van der Waals surface area contributed by atoms with Crippen molar-refractivity contribution >= 4 is 0 Å². The first-order valence-corrected chi connectivity index (χ1v) is 6.58. The fraction of sp³-hybridized carbons (Fsp3) is 1.00. The molecule has 4 unspecified atom stereocenters. The smallest absolute Gasteiger partial charge is 0.0743 e. The molecule has 4 heteroatoms. The molecule has 4 nitrogen and oxygen atoms in total. The summed E-state index contributed by atoms with van der Waals surface area (Å²) in [5.41, 5.74) is 5.93. The van der Waals surface area contributed by atoms with Crippen LogP contribution in [0.25, 0.3) is 0 Å². The van der Waals surface area contributed by atoms with Crippen LogP contribution in [0.15, 0.2) is 0 Å². The van der Waals surface area contributed by atoms with Crippen molar-refractivity contribution in [2.24, 2.45) is 5.73 Å². The lowest BCUT2D eigenvalue weighted by molar-refractivity contribution is -0.0738. The summed E-state index contributed by atoms with van der Waals surface area (Å²) in [6.45, 7) is 3.74. The van der Waals surface area contributed by atoms with E-state index in [4.69, 9.17) is 15.2 Å². The van der Waals surface area contributed by atoms with Crippen molar-refractivity contribution < 1.29 is 9.47 Å². The highest BCUT2D eigenvalue weighted by Crippen LogP contribution is 2.29. The van der Waals surface area contributed by atoms with Crippen LogP contribution >= 0.6 is 0 Å². The van der Waals surface area contributed by atoms with E-state index in [0.717, 1.165) is 19.7 Å². The Balaban J connectivity index is 1.65. The molecule has 3 fully saturated rings. The van der Waals surface area contributed by atoms with Gasteiger partial charge in [-0.25, -0.2) is 0 Å². The van der Waals surface area contributed by atoms with Gasteiger partial charge >= 0.3 is 0 Å². The molecule has 3 aliphatic rings. The Hall–Kier alpha value is -0.160. The first kappa shape index (κ1) is 11.0. The summed E-state index contributed by atoms with van der Waals surface area (Å²) in [6.07, 6.45) is 6.09. The Morgan fingerprint density at radius 3 is 2.50 bits per heavy atom. The zero-order valence-corrected chi connectivity index (χ0v) is 9.81. The van der Waals surface area contributed by atoms with Gasteiger partial charge in [0.2, 0.25) is 0 Å². The van der Waals surface area contributed by atoms with E-state index >= 15 is 0 Å². The van der Waals surface area contributed by atoms with Crippen molar-refractivity contribution in [1.82, 2.24) is 4.90 Å². The van der Waals surface area contributed by atoms with Crippen molar-refractivity contribution in [1.29, 1.82) is 0 Å². The molecular weight excluding hydrogens is 204 g/mol. The average Bonchev–Trinajstić information content (AvgIpc) is 2.90. The zero-order valence-electron chi connectivity index (χ0n) is 9.81. The van der Waals surface area contributed by atoms with Gasteiger partial charge in [-0.2, -0.15) is 0 Å². The average molecular weight is 226 g/mol. The van der Waals surface area contributed by atoms with E-state index in [1.54, 1.807) is 0 Å². The van der Waals surface area contributed by atoms with Gasteiger partial charge in [0, 0.05) is 32.3 Å². The summed E-state index contributed by atoms with van der Waals surface area (Å²) in [5.74, 6) is 0. The summed E-state index contributed by atoms with van der Waals surface area (Å²) in [7, 11) is 0. The van der Waals surface area contributed by atoms with Crippen molar-refractivity contribution in [2.45, 2.75) is 50.0 Å². The second-order valence-corrected chi connectivity index (χ2v) is 5.27. The molecule has 0 spiro atoms. The summed E-state index contributed by atoms with van der Waals surface area (Å²) in [5, 5.41) is 0. The van der Waals surface area contributed by atoms with Crippen LogP contribution in [0.1, 0.15) is 25.7 Å². The Bertz CT molecular complexity index is 231. The van der Waals surface area contributed by atoms with E-state index in [-0.39, 0.29) is 0 Å².